The predicted octanol–water partition coefficient (Wildman–Crippen LogP) is 2.17. The third-order valence-corrected chi connectivity index (χ3v) is 2.48. The molecule has 0 amide bonds. The second-order valence-electron chi connectivity index (χ2n) is 5.35. The largest absolute Gasteiger partial charge is 0.365 e. The van der Waals surface area contributed by atoms with E-state index in [1.165, 1.54) is 0 Å². The Morgan fingerprint density at radius 3 is 2.59 bits per heavy atom. The number of aryl methyl sites for hydroxylation is 1. The Labute approximate surface area is 104 Å². The van der Waals surface area contributed by atoms with Crippen molar-refractivity contribution < 1.29 is 0 Å². The van der Waals surface area contributed by atoms with E-state index in [1.807, 2.05) is 13.0 Å². The van der Waals surface area contributed by atoms with Crippen LogP contribution in [-0.2, 0) is 0 Å². The highest BCUT2D eigenvalue weighted by atomic mass is 15.2. The molecule has 0 bridgehead atoms. The number of nitrogens with one attached hydrogen (secondary N) is 1. The lowest BCUT2D eigenvalue weighted by atomic mass is 10.0. The fraction of sp³-hybridized carbons (Fsp3) is 0.692. The Balaban J connectivity index is 2.64. The van der Waals surface area contributed by atoms with Gasteiger partial charge in [0.05, 0.1) is 6.20 Å². The van der Waals surface area contributed by atoms with E-state index in [2.05, 4.69) is 48.4 Å². The molecule has 1 N–H and O–H groups in total. The van der Waals surface area contributed by atoms with Gasteiger partial charge in [-0.3, -0.25) is 0 Å². The molecule has 0 spiro atoms. The van der Waals surface area contributed by atoms with Crippen LogP contribution in [-0.4, -0.2) is 41.8 Å². The average Bonchev–Trinajstić information content (AvgIpc) is 2.14. The van der Waals surface area contributed by atoms with Gasteiger partial charge in [0, 0.05) is 12.6 Å². The van der Waals surface area contributed by atoms with Gasteiger partial charge in [-0.25, -0.2) is 0 Å². The molecule has 1 unspecified atom stereocenters. The highest BCUT2D eigenvalue weighted by Crippen LogP contribution is 2.12. The van der Waals surface area contributed by atoms with Crippen molar-refractivity contribution >= 4 is 5.82 Å². The third kappa shape index (κ3) is 5.63. The summed E-state index contributed by atoms with van der Waals surface area (Å²) in [7, 11) is 4.19. The molecule has 4 heteroatoms. The molecule has 17 heavy (non-hydrogen) atoms. The van der Waals surface area contributed by atoms with Gasteiger partial charge in [0.1, 0.15) is 5.82 Å². The van der Waals surface area contributed by atoms with Crippen LogP contribution in [0.15, 0.2) is 12.3 Å². The number of anilines is 1. The topological polar surface area (TPSA) is 41.1 Å². The molecule has 0 radical (unpaired) electrons. The number of hydrogen-bond donors (Lipinski definition) is 1. The van der Waals surface area contributed by atoms with Crippen LogP contribution >= 0.6 is 0 Å². The lowest BCUT2D eigenvalue weighted by Gasteiger charge is -2.24. The van der Waals surface area contributed by atoms with Crippen molar-refractivity contribution in [2.45, 2.75) is 33.2 Å². The molecule has 0 aliphatic carbocycles. The molecule has 0 aromatic carbocycles. The minimum Gasteiger partial charge on any atom is -0.365 e. The molecule has 0 fully saturated rings. The molecule has 1 heterocycles. The highest BCUT2D eigenvalue weighted by Gasteiger charge is 2.12. The van der Waals surface area contributed by atoms with Gasteiger partial charge < -0.3 is 10.2 Å². The zero-order valence-corrected chi connectivity index (χ0v) is 11.6. The predicted molar refractivity (Wildman–Crippen MR) is 72.2 cm³/mol. The maximum Gasteiger partial charge on any atom is 0.149 e. The summed E-state index contributed by atoms with van der Waals surface area (Å²) in [6, 6.07) is 2.46. The summed E-state index contributed by atoms with van der Waals surface area (Å²) in [5.74, 6) is 1.54. The number of nitrogens with zero attached hydrogens (tertiary/aromatic N) is 3. The summed E-state index contributed by atoms with van der Waals surface area (Å²) < 4.78 is 0. The van der Waals surface area contributed by atoms with Crippen LogP contribution in [0.4, 0.5) is 5.82 Å². The monoisotopic (exact) mass is 236 g/mol. The van der Waals surface area contributed by atoms with E-state index in [-0.39, 0.29) is 0 Å². The molecule has 0 aliphatic heterocycles. The zero-order chi connectivity index (χ0) is 12.8. The molecule has 0 saturated heterocycles. The van der Waals surface area contributed by atoms with Crippen LogP contribution < -0.4 is 5.32 Å². The van der Waals surface area contributed by atoms with Crippen LogP contribution in [0, 0.1) is 12.8 Å². The Bertz CT molecular complexity index is 326. The number of aromatic nitrogens is 2. The highest BCUT2D eigenvalue weighted by molar-refractivity contribution is 5.36. The maximum absolute atomic E-state index is 4.11. The fourth-order valence-electron chi connectivity index (χ4n) is 1.93. The van der Waals surface area contributed by atoms with Gasteiger partial charge in [0.2, 0.25) is 0 Å². The van der Waals surface area contributed by atoms with E-state index >= 15 is 0 Å². The average molecular weight is 236 g/mol. The van der Waals surface area contributed by atoms with Crippen molar-refractivity contribution in [3.63, 3.8) is 0 Å². The van der Waals surface area contributed by atoms with Crippen molar-refractivity contribution in [3.8, 4) is 0 Å². The third-order valence-electron chi connectivity index (χ3n) is 2.48. The normalized spacial score (nSPS) is 13.1. The minimum absolute atomic E-state index is 0.418. The van der Waals surface area contributed by atoms with Gasteiger partial charge in [-0.1, -0.05) is 13.8 Å². The van der Waals surface area contributed by atoms with E-state index in [4.69, 9.17) is 0 Å². The standard InChI is InChI=1S/C13H24N4/c1-10(2)6-12(9-17(4)5)15-13-7-11(3)8-14-16-13/h7-8,10,12H,6,9H2,1-5H3,(H,15,16). The van der Waals surface area contributed by atoms with Gasteiger partial charge in [-0.05, 0) is 45.0 Å². The van der Waals surface area contributed by atoms with Gasteiger partial charge >= 0.3 is 0 Å². The van der Waals surface area contributed by atoms with Crippen molar-refractivity contribution in [1.82, 2.24) is 15.1 Å². The summed E-state index contributed by atoms with van der Waals surface area (Å²) in [5, 5.41) is 11.6. The molecular formula is C13H24N4. The van der Waals surface area contributed by atoms with Crippen molar-refractivity contribution in [3.05, 3.63) is 17.8 Å². The van der Waals surface area contributed by atoms with Gasteiger partial charge in [0.15, 0.2) is 0 Å². The van der Waals surface area contributed by atoms with Gasteiger partial charge in [-0.2, -0.15) is 5.10 Å². The lowest BCUT2D eigenvalue weighted by molar-refractivity contribution is 0.356. The second kappa shape index (κ2) is 6.55. The first-order chi connectivity index (χ1) is 7.97. The van der Waals surface area contributed by atoms with Crippen molar-refractivity contribution in [2.75, 3.05) is 26.0 Å². The van der Waals surface area contributed by atoms with E-state index in [0.717, 1.165) is 24.3 Å². The summed E-state index contributed by atoms with van der Waals surface area (Å²) in [5.41, 5.74) is 1.13. The van der Waals surface area contributed by atoms with Crippen LogP contribution in [0.5, 0.6) is 0 Å². The number of hydrogen-bond acceptors (Lipinski definition) is 4. The van der Waals surface area contributed by atoms with Crippen LogP contribution in [0.2, 0.25) is 0 Å². The first-order valence-electron chi connectivity index (χ1n) is 6.18. The Morgan fingerprint density at radius 2 is 2.06 bits per heavy atom. The first kappa shape index (κ1) is 13.9. The van der Waals surface area contributed by atoms with E-state index in [1.54, 1.807) is 6.20 Å². The lowest BCUT2D eigenvalue weighted by Crippen LogP contribution is -2.33. The van der Waals surface area contributed by atoms with E-state index in [9.17, 15) is 0 Å². The van der Waals surface area contributed by atoms with Crippen LogP contribution in [0.25, 0.3) is 0 Å². The molecule has 4 nitrogen and oxygen atoms in total. The van der Waals surface area contributed by atoms with Crippen molar-refractivity contribution in [1.29, 1.82) is 0 Å². The smallest absolute Gasteiger partial charge is 0.149 e. The number of likely N-dealkylation sites (N-methyl/N-ethyl adjacent to an activating group) is 1. The molecule has 96 valence electrons. The number of rotatable bonds is 6. The SMILES string of the molecule is Cc1cnnc(NC(CC(C)C)CN(C)C)c1. The molecule has 1 aromatic rings. The van der Waals surface area contributed by atoms with Gasteiger partial charge in [-0.15, -0.1) is 5.10 Å². The maximum atomic E-state index is 4.11. The van der Waals surface area contributed by atoms with E-state index < -0.39 is 0 Å². The van der Waals surface area contributed by atoms with E-state index in [0.29, 0.717) is 12.0 Å². The minimum atomic E-state index is 0.418. The molecule has 1 rings (SSSR count). The zero-order valence-electron chi connectivity index (χ0n) is 11.6. The fourth-order valence-corrected chi connectivity index (χ4v) is 1.93. The van der Waals surface area contributed by atoms with Gasteiger partial charge in [0.25, 0.3) is 0 Å². The molecule has 0 aliphatic rings. The van der Waals surface area contributed by atoms with Crippen molar-refractivity contribution in [2.24, 2.45) is 5.92 Å². The van der Waals surface area contributed by atoms with Crippen LogP contribution in [0.1, 0.15) is 25.8 Å². The molecular weight excluding hydrogens is 212 g/mol. The Kier molecular flexibility index (Phi) is 5.35. The molecule has 0 saturated carbocycles. The molecule has 1 aromatic heterocycles. The first-order valence-corrected chi connectivity index (χ1v) is 6.18. The second-order valence-corrected chi connectivity index (χ2v) is 5.35. The summed E-state index contributed by atoms with van der Waals surface area (Å²) in [6.45, 7) is 7.52. The Morgan fingerprint density at radius 1 is 1.35 bits per heavy atom. The molecule has 1 atom stereocenters. The quantitative estimate of drug-likeness (QED) is 0.822. The van der Waals surface area contributed by atoms with Crippen LogP contribution in [0.3, 0.4) is 0 Å². The Hall–Kier alpha value is -1.16. The summed E-state index contributed by atoms with van der Waals surface area (Å²) in [6.07, 6.45) is 2.91. The summed E-state index contributed by atoms with van der Waals surface area (Å²) in [4.78, 5) is 2.20. The summed E-state index contributed by atoms with van der Waals surface area (Å²) >= 11 is 0.